The van der Waals surface area contributed by atoms with Crippen LogP contribution in [0.25, 0.3) is 28.2 Å². The van der Waals surface area contributed by atoms with Crippen LogP contribution >= 0.6 is 11.8 Å². The second-order valence-electron chi connectivity index (χ2n) is 7.07. The average Bonchev–Trinajstić information content (AvgIpc) is 3.43. The maximum atomic E-state index is 12.6. The molecule has 0 spiro atoms. The molecule has 0 aliphatic carbocycles. The molecule has 3 heterocycles. The highest BCUT2D eigenvalue weighted by molar-refractivity contribution is 7.99. The smallest absolute Gasteiger partial charge is 0.262 e. The van der Waals surface area contributed by atoms with Gasteiger partial charge in [-0.3, -0.25) is 4.79 Å². The summed E-state index contributed by atoms with van der Waals surface area (Å²) in [5.41, 5.74) is 3.11. The Morgan fingerprint density at radius 1 is 1.06 bits per heavy atom. The van der Waals surface area contributed by atoms with Gasteiger partial charge in [0.1, 0.15) is 5.39 Å². The molecule has 0 radical (unpaired) electrons. The lowest BCUT2D eigenvalue weighted by molar-refractivity contribution is 0.509. The van der Waals surface area contributed by atoms with Crippen LogP contribution in [0.1, 0.15) is 23.6 Å². The minimum atomic E-state index is -0.243. The van der Waals surface area contributed by atoms with Gasteiger partial charge in [0.05, 0.1) is 17.1 Å². The molecule has 0 saturated heterocycles. The molecule has 154 valence electrons. The fourth-order valence-corrected chi connectivity index (χ4v) is 3.96. The van der Waals surface area contributed by atoms with E-state index in [1.54, 1.807) is 4.68 Å². The zero-order chi connectivity index (χ0) is 21.4. The number of aromatic amines is 1. The van der Waals surface area contributed by atoms with Gasteiger partial charge in [-0.05, 0) is 38.1 Å². The summed E-state index contributed by atoms with van der Waals surface area (Å²) in [6, 6.07) is 17.5. The quantitative estimate of drug-likeness (QED) is 0.327. The Bertz CT molecular complexity index is 1410. The summed E-state index contributed by atoms with van der Waals surface area (Å²) in [6.07, 6.45) is 1.53. The number of hydrogen-bond donors (Lipinski definition) is 1. The molecule has 9 heteroatoms. The van der Waals surface area contributed by atoms with Crippen LogP contribution in [0.2, 0.25) is 0 Å². The molecule has 0 saturated carbocycles. The van der Waals surface area contributed by atoms with Crippen molar-refractivity contribution in [3.8, 4) is 17.1 Å². The normalized spacial score (nSPS) is 12.3. The minimum absolute atomic E-state index is 0.208. The van der Waals surface area contributed by atoms with E-state index in [9.17, 15) is 4.79 Å². The SMILES string of the molecule is Cc1ccc(-c2nnc([C@@H](C)Sc3nc4c(cnn4-c4ccccc4)c(=O)[nH]3)o2)cc1. The standard InChI is InChI=1S/C22H18N6O2S/c1-13-8-10-15(11-9-13)21-27-26-20(30-21)14(2)31-22-24-18-17(19(29)25-22)12-23-28(18)16-6-4-3-5-7-16/h3-12,14H,1-2H3,(H,24,25,29)/t14-/m1/s1. The topological polar surface area (TPSA) is 102 Å². The number of hydrogen-bond acceptors (Lipinski definition) is 7. The van der Waals surface area contributed by atoms with E-state index in [4.69, 9.17) is 4.42 Å². The van der Waals surface area contributed by atoms with Crippen molar-refractivity contribution >= 4 is 22.8 Å². The van der Waals surface area contributed by atoms with Gasteiger partial charge in [0.2, 0.25) is 11.8 Å². The lowest BCUT2D eigenvalue weighted by Crippen LogP contribution is -2.10. The van der Waals surface area contributed by atoms with Gasteiger partial charge in [0, 0.05) is 5.56 Å². The Balaban J connectivity index is 1.44. The van der Waals surface area contributed by atoms with Crippen LogP contribution < -0.4 is 5.56 Å². The highest BCUT2D eigenvalue weighted by Gasteiger charge is 2.19. The number of nitrogens with zero attached hydrogens (tertiary/aromatic N) is 5. The van der Waals surface area contributed by atoms with E-state index in [2.05, 4.69) is 25.3 Å². The first-order valence-electron chi connectivity index (χ1n) is 9.69. The van der Waals surface area contributed by atoms with Crippen LogP contribution in [0, 0.1) is 6.92 Å². The van der Waals surface area contributed by atoms with Crippen molar-refractivity contribution < 1.29 is 4.42 Å². The maximum Gasteiger partial charge on any atom is 0.262 e. The highest BCUT2D eigenvalue weighted by Crippen LogP contribution is 2.33. The van der Waals surface area contributed by atoms with Crippen LogP contribution in [0.3, 0.4) is 0 Å². The molecule has 8 nitrogen and oxygen atoms in total. The lowest BCUT2D eigenvalue weighted by Gasteiger charge is -2.07. The molecular weight excluding hydrogens is 412 g/mol. The summed E-state index contributed by atoms with van der Waals surface area (Å²) in [6.45, 7) is 3.95. The van der Waals surface area contributed by atoms with Crippen LogP contribution in [-0.4, -0.2) is 29.9 Å². The van der Waals surface area contributed by atoms with E-state index in [1.165, 1.54) is 18.0 Å². The molecule has 5 rings (SSSR count). The van der Waals surface area contributed by atoms with Gasteiger partial charge in [-0.1, -0.05) is 47.7 Å². The summed E-state index contributed by atoms with van der Waals surface area (Å²) < 4.78 is 7.51. The second-order valence-corrected chi connectivity index (χ2v) is 8.40. The summed E-state index contributed by atoms with van der Waals surface area (Å²) >= 11 is 1.34. The third-order valence-electron chi connectivity index (χ3n) is 4.79. The number of para-hydroxylation sites is 1. The number of nitrogens with one attached hydrogen (secondary N) is 1. The van der Waals surface area contributed by atoms with E-state index >= 15 is 0 Å². The molecular formula is C22H18N6O2S. The van der Waals surface area contributed by atoms with Crippen molar-refractivity contribution in [1.29, 1.82) is 0 Å². The number of aryl methyl sites for hydroxylation is 1. The summed E-state index contributed by atoms with van der Waals surface area (Å²) in [5.74, 6) is 0.918. The van der Waals surface area contributed by atoms with E-state index < -0.39 is 0 Å². The summed E-state index contributed by atoms with van der Waals surface area (Å²) in [7, 11) is 0. The van der Waals surface area contributed by atoms with Gasteiger partial charge in [-0.2, -0.15) is 5.10 Å². The van der Waals surface area contributed by atoms with Crippen molar-refractivity contribution in [2.75, 3.05) is 0 Å². The Morgan fingerprint density at radius 3 is 2.61 bits per heavy atom. The fourth-order valence-electron chi connectivity index (χ4n) is 3.14. The van der Waals surface area contributed by atoms with Gasteiger partial charge >= 0.3 is 0 Å². The summed E-state index contributed by atoms with van der Waals surface area (Å²) in [5, 5.41) is 13.3. The molecule has 1 N–H and O–H groups in total. The lowest BCUT2D eigenvalue weighted by atomic mass is 10.1. The Kier molecular flexibility index (Phi) is 4.87. The predicted molar refractivity (Wildman–Crippen MR) is 118 cm³/mol. The number of aromatic nitrogens is 6. The van der Waals surface area contributed by atoms with Crippen LogP contribution in [0.4, 0.5) is 0 Å². The second kappa shape index (κ2) is 7.84. The number of thioether (sulfide) groups is 1. The van der Waals surface area contributed by atoms with Gasteiger partial charge in [0.25, 0.3) is 5.56 Å². The highest BCUT2D eigenvalue weighted by atomic mass is 32.2. The van der Waals surface area contributed by atoms with Crippen LogP contribution in [-0.2, 0) is 0 Å². The summed E-state index contributed by atoms with van der Waals surface area (Å²) in [4.78, 5) is 20.0. The molecule has 0 unspecified atom stereocenters. The van der Waals surface area contributed by atoms with Gasteiger partial charge in [-0.15, -0.1) is 10.2 Å². The maximum absolute atomic E-state index is 12.6. The first-order valence-corrected chi connectivity index (χ1v) is 10.6. The molecule has 0 amide bonds. The van der Waals surface area contributed by atoms with Gasteiger partial charge in [0.15, 0.2) is 10.8 Å². The molecule has 5 aromatic rings. The van der Waals surface area contributed by atoms with Gasteiger partial charge < -0.3 is 9.40 Å². The molecule has 0 aliphatic rings. The third-order valence-corrected chi connectivity index (χ3v) is 5.76. The predicted octanol–water partition coefficient (Wildman–Crippen LogP) is 4.32. The van der Waals surface area contributed by atoms with Crippen molar-refractivity contribution in [1.82, 2.24) is 29.9 Å². The van der Waals surface area contributed by atoms with Crippen LogP contribution in [0.5, 0.6) is 0 Å². The largest absolute Gasteiger partial charge is 0.419 e. The first kappa shape index (κ1) is 19.3. The number of benzene rings is 2. The van der Waals surface area contributed by atoms with Crippen molar-refractivity contribution in [2.24, 2.45) is 0 Å². The number of fused-ring (bicyclic) bond motifs is 1. The average molecular weight is 430 g/mol. The van der Waals surface area contributed by atoms with Crippen molar-refractivity contribution in [3.05, 3.63) is 82.6 Å². The monoisotopic (exact) mass is 430 g/mol. The van der Waals surface area contributed by atoms with Crippen molar-refractivity contribution in [3.63, 3.8) is 0 Å². The molecule has 2 aromatic carbocycles. The van der Waals surface area contributed by atoms with Crippen LogP contribution in [0.15, 0.2) is 75.2 Å². The first-order chi connectivity index (χ1) is 15.1. The zero-order valence-electron chi connectivity index (χ0n) is 16.8. The van der Waals surface area contributed by atoms with Crippen molar-refractivity contribution in [2.45, 2.75) is 24.3 Å². The number of H-pyrrole nitrogens is 1. The van der Waals surface area contributed by atoms with Gasteiger partial charge in [-0.25, -0.2) is 9.67 Å². The van der Waals surface area contributed by atoms with E-state index in [1.807, 2.05) is 68.4 Å². The van der Waals surface area contributed by atoms with E-state index in [-0.39, 0.29) is 10.8 Å². The third kappa shape index (κ3) is 3.75. The minimum Gasteiger partial charge on any atom is -0.419 e. The molecule has 0 aliphatic heterocycles. The molecule has 31 heavy (non-hydrogen) atoms. The van der Waals surface area contributed by atoms with E-state index in [0.29, 0.717) is 28.0 Å². The molecule has 0 bridgehead atoms. The molecule has 1 atom stereocenters. The Hall–Kier alpha value is -3.72. The van der Waals surface area contributed by atoms with E-state index in [0.717, 1.165) is 16.8 Å². The molecule has 3 aromatic heterocycles. The zero-order valence-corrected chi connectivity index (χ0v) is 17.6. The number of rotatable bonds is 5. The fraction of sp³-hybridized carbons (Fsp3) is 0.136. The Morgan fingerprint density at radius 2 is 1.84 bits per heavy atom. The molecule has 0 fully saturated rings. The Labute approximate surface area is 181 Å².